The number of amides is 2. The maximum atomic E-state index is 15.0. The number of carbonyl (C=O) groups excluding carboxylic acids is 2. The number of nitrogens with zero attached hydrogens (tertiary/aromatic N) is 2. The van der Waals surface area contributed by atoms with Crippen LogP contribution in [-0.4, -0.2) is 44.3 Å². The molecule has 242 valence electrons. The molecule has 0 heterocycles. The molecule has 0 aliphatic heterocycles. The SMILES string of the molecule is Cc1ccc(S(=O)(=O)N(CC(=O)N(Cc2ccccc2F)C(Cc2ccccc2)C(=O)NCC(C)C)c2cc(Cl)cc(Cl)c2)cc1. The molecule has 0 bridgehead atoms. The first-order chi connectivity index (χ1) is 21.8. The van der Waals surface area contributed by atoms with Crippen molar-refractivity contribution >= 4 is 50.7 Å². The van der Waals surface area contributed by atoms with Crippen LogP contribution in [-0.2, 0) is 32.6 Å². The lowest BCUT2D eigenvalue weighted by molar-refractivity contribution is -0.140. The molecule has 0 spiro atoms. The van der Waals surface area contributed by atoms with Gasteiger partial charge in [-0.05, 0) is 54.8 Å². The van der Waals surface area contributed by atoms with E-state index in [0.717, 1.165) is 15.4 Å². The zero-order valence-corrected chi connectivity index (χ0v) is 28.1. The minimum atomic E-state index is -4.35. The van der Waals surface area contributed by atoms with Gasteiger partial charge in [-0.15, -0.1) is 0 Å². The highest BCUT2D eigenvalue weighted by Crippen LogP contribution is 2.30. The van der Waals surface area contributed by atoms with Gasteiger partial charge < -0.3 is 10.2 Å². The minimum absolute atomic E-state index is 0.0566. The van der Waals surface area contributed by atoms with Crippen LogP contribution in [0.5, 0.6) is 0 Å². The molecule has 7 nitrogen and oxygen atoms in total. The molecule has 46 heavy (non-hydrogen) atoms. The first-order valence-corrected chi connectivity index (χ1v) is 16.9. The molecule has 2 amide bonds. The molecule has 1 unspecified atom stereocenters. The molecule has 0 aliphatic carbocycles. The predicted octanol–water partition coefficient (Wildman–Crippen LogP) is 7.05. The monoisotopic (exact) mass is 683 g/mol. The summed E-state index contributed by atoms with van der Waals surface area (Å²) < 4.78 is 44.2. The number of anilines is 1. The Bertz CT molecular complexity index is 1750. The predicted molar refractivity (Wildman–Crippen MR) is 181 cm³/mol. The molecule has 1 N–H and O–H groups in total. The van der Waals surface area contributed by atoms with E-state index in [4.69, 9.17) is 23.2 Å². The highest BCUT2D eigenvalue weighted by atomic mass is 35.5. The second kappa shape index (κ2) is 15.6. The van der Waals surface area contributed by atoms with Gasteiger partial charge in [0, 0.05) is 35.1 Å². The molecule has 1 atom stereocenters. The van der Waals surface area contributed by atoms with E-state index in [9.17, 15) is 18.0 Å². The molecule has 11 heteroatoms. The van der Waals surface area contributed by atoms with Gasteiger partial charge in [0.15, 0.2) is 0 Å². The van der Waals surface area contributed by atoms with E-state index in [1.807, 2.05) is 51.1 Å². The average Bonchev–Trinajstić information content (AvgIpc) is 3.01. The molecule has 0 aromatic heterocycles. The Hall–Kier alpha value is -3.92. The lowest BCUT2D eigenvalue weighted by atomic mass is 10.0. The smallest absolute Gasteiger partial charge is 0.264 e. The van der Waals surface area contributed by atoms with Crippen molar-refractivity contribution in [3.63, 3.8) is 0 Å². The topological polar surface area (TPSA) is 86.8 Å². The zero-order valence-electron chi connectivity index (χ0n) is 25.8. The number of benzene rings is 4. The highest BCUT2D eigenvalue weighted by Gasteiger charge is 2.35. The summed E-state index contributed by atoms with van der Waals surface area (Å²) >= 11 is 12.6. The third-order valence-electron chi connectivity index (χ3n) is 7.28. The third kappa shape index (κ3) is 9.09. The summed E-state index contributed by atoms with van der Waals surface area (Å²) in [6.45, 7) is 5.06. The Balaban J connectivity index is 1.83. The van der Waals surface area contributed by atoms with Crippen molar-refractivity contribution in [2.75, 3.05) is 17.4 Å². The van der Waals surface area contributed by atoms with Gasteiger partial charge in [0.05, 0.1) is 10.6 Å². The molecule has 0 radical (unpaired) electrons. The molecule has 4 rings (SSSR count). The second-order valence-corrected chi connectivity index (χ2v) is 14.1. The molecular formula is C35H36Cl2FN3O4S. The van der Waals surface area contributed by atoms with Crippen molar-refractivity contribution < 1.29 is 22.4 Å². The molecule has 0 saturated carbocycles. The van der Waals surface area contributed by atoms with Gasteiger partial charge in [0.1, 0.15) is 18.4 Å². The Morgan fingerprint density at radius 3 is 2.09 bits per heavy atom. The molecule has 0 fully saturated rings. The quantitative estimate of drug-likeness (QED) is 0.164. The third-order valence-corrected chi connectivity index (χ3v) is 9.50. The van der Waals surface area contributed by atoms with Crippen LogP contribution >= 0.6 is 23.2 Å². The van der Waals surface area contributed by atoms with Gasteiger partial charge in [-0.2, -0.15) is 0 Å². The van der Waals surface area contributed by atoms with Gasteiger partial charge in [-0.3, -0.25) is 13.9 Å². The standard InChI is InChI=1S/C35H36Cl2FN3O4S/c1-24(2)21-39-35(43)33(17-26-9-5-4-6-10-26)40(22-27-11-7-8-12-32(27)38)34(42)23-41(30-19-28(36)18-29(37)20-30)46(44,45)31-15-13-25(3)14-16-31/h4-16,18-20,24,33H,17,21-23H2,1-3H3,(H,39,43). The fraction of sp³-hybridized carbons (Fsp3) is 0.257. The largest absolute Gasteiger partial charge is 0.354 e. The summed E-state index contributed by atoms with van der Waals surface area (Å²) in [7, 11) is -4.35. The highest BCUT2D eigenvalue weighted by molar-refractivity contribution is 7.92. The second-order valence-electron chi connectivity index (χ2n) is 11.4. The first-order valence-electron chi connectivity index (χ1n) is 14.7. The fourth-order valence-corrected chi connectivity index (χ4v) is 6.75. The van der Waals surface area contributed by atoms with Gasteiger partial charge in [0.2, 0.25) is 11.8 Å². The van der Waals surface area contributed by atoms with Crippen LogP contribution in [0.2, 0.25) is 10.0 Å². The van der Waals surface area contributed by atoms with Crippen molar-refractivity contribution in [3.05, 3.63) is 130 Å². The van der Waals surface area contributed by atoms with E-state index >= 15 is 4.39 Å². The summed E-state index contributed by atoms with van der Waals surface area (Å²) in [4.78, 5) is 29.5. The Morgan fingerprint density at radius 1 is 0.870 bits per heavy atom. The lowest BCUT2D eigenvalue weighted by Gasteiger charge is -2.34. The number of nitrogens with one attached hydrogen (secondary N) is 1. The molecule has 0 aliphatic rings. The van der Waals surface area contributed by atoms with Gasteiger partial charge in [-0.25, -0.2) is 12.8 Å². The van der Waals surface area contributed by atoms with Crippen molar-refractivity contribution in [1.82, 2.24) is 10.2 Å². The van der Waals surface area contributed by atoms with Crippen molar-refractivity contribution in [1.29, 1.82) is 0 Å². The molecular weight excluding hydrogens is 648 g/mol. The summed E-state index contributed by atoms with van der Waals surface area (Å²) in [5.74, 6) is -1.61. The van der Waals surface area contributed by atoms with Crippen LogP contribution < -0.4 is 9.62 Å². The van der Waals surface area contributed by atoms with E-state index in [1.165, 1.54) is 53.4 Å². The zero-order chi connectivity index (χ0) is 33.4. The van der Waals surface area contributed by atoms with E-state index in [2.05, 4.69) is 5.32 Å². The Labute approximate surface area is 280 Å². The molecule has 4 aromatic rings. The number of halogens is 3. The summed E-state index contributed by atoms with van der Waals surface area (Å²) in [5.41, 5.74) is 1.84. The van der Waals surface area contributed by atoms with E-state index < -0.39 is 40.2 Å². The maximum absolute atomic E-state index is 15.0. The van der Waals surface area contributed by atoms with Crippen molar-refractivity contribution in [3.8, 4) is 0 Å². The number of hydrogen-bond donors (Lipinski definition) is 1. The normalized spacial score (nSPS) is 12.1. The van der Waals surface area contributed by atoms with Gasteiger partial charge >= 0.3 is 0 Å². The summed E-state index contributed by atoms with van der Waals surface area (Å²) in [6, 6.07) is 24.4. The lowest BCUT2D eigenvalue weighted by Crippen LogP contribution is -2.53. The fourth-order valence-electron chi connectivity index (χ4n) is 4.84. The van der Waals surface area contributed by atoms with Gasteiger partial charge in [0.25, 0.3) is 10.0 Å². The van der Waals surface area contributed by atoms with Gasteiger partial charge in [-0.1, -0.05) is 103 Å². The van der Waals surface area contributed by atoms with Crippen LogP contribution in [0.3, 0.4) is 0 Å². The molecule has 4 aromatic carbocycles. The van der Waals surface area contributed by atoms with Crippen LogP contribution in [0.4, 0.5) is 10.1 Å². The summed E-state index contributed by atoms with van der Waals surface area (Å²) in [6.07, 6.45) is 0.110. The Morgan fingerprint density at radius 2 is 1.48 bits per heavy atom. The minimum Gasteiger partial charge on any atom is -0.354 e. The number of rotatable bonds is 13. The maximum Gasteiger partial charge on any atom is 0.264 e. The number of aryl methyl sites for hydroxylation is 1. The summed E-state index contributed by atoms with van der Waals surface area (Å²) in [5, 5.41) is 3.23. The number of sulfonamides is 1. The number of carbonyl (C=O) groups is 2. The average molecular weight is 685 g/mol. The van der Waals surface area contributed by atoms with E-state index in [0.29, 0.717) is 6.54 Å². The number of hydrogen-bond acceptors (Lipinski definition) is 4. The van der Waals surface area contributed by atoms with Crippen molar-refractivity contribution in [2.45, 2.75) is 44.7 Å². The van der Waals surface area contributed by atoms with Crippen LogP contribution in [0, 0.1) is 18.7 Å². The Kier molecular flexibility index (Phi) is 11.8. The van der Waals surface area contributed by atoms with Crippen LogP contribution in [0.15, 0.2) is 102 Å². The van der Waals surface area contributed by atoms with E-state index in [-0.39, 0.29) is 45.1 Å². The van der Waals surface area contributed by atoms with E-state index in [1.54, 1.807) is 18.2 Å². The van der Waals surface area contributed by atoms with Crippen LogP contribution in [0.1, 0.15) is 30.5 Å². The molecule has 0 saturated heterocycles. The van der Waals surface area contributed by atoms with Crippen molar-refractivity contribution in [2.24, 2.45) is 5.92 Å². The van der Waals surface area contributed by atoms with Crippen LogP contribution in [0.25, 0.3) is 0 Å². The first kappa shape index (κ1) is 34.9.